The van der Waals surface area contributed by atoms with Crippen molar-refractivity contribution in [1.29, 1.82) is 0 Å². The van der Waals surface area contributed by atoms with E-state index in [9.17, 15) is 35.4 Å². The number of benzene rings is 4. The Morgan fingerprint density at radius 3 is 2.15 bits per heavy atom. The van der Waals surface area contributed by atoms with E-state index in [1.54, 1.807) is 18.2 Å². The van der Waals surface area contributed by atoms with Gasteiger partial charge in [0.1, 0.15) is 63.8 Å². The zero-order chi connectivity index (χ0) is 34.4. The van der Waals surface area contributed by atoms with Crippen LogP contribution in [0.1, 0.15) is 89.9 Å². The van der Waals surface area contributed by atoms with E-state index in [1.807, 2.05) is 20.8 Å². The van der Waals surface area contributed by atoms with E-state index in [0.29, 0.717) is 40.8 Å². The van der Waals surface area contributed by atoms with Gasteiger partial charge >= 0.3 is 0 Å². The molecule has 0 bridgehead atoms. The Hall–Kier alpha value is -5.57. The van der Waals surface area contributed by atoms with E-state index in [4.69, 9.17) is 9.47 Å². The third kappa shape index (κ3) is 6.11. The van der Waals surface area contributed by atoms with Gasteiger partial charge in [0.25, 0.3) is 0 Å². The van der Waals surface area contributed by atoms with Crippen LogP contribution in [-0.4, -0.2) is 36.4 Å². The summed E-state index contributed by atoms with van der Waals surface area (Å²) in [5.74, 6) is -1.68. The summed E-state index contributed by atoms with van der Waals surface area (Å²) in [6.07, 6.45) is 1.20. The lowest BCUT2D eigenvalue weighted by Gasteiger charge is -2.30. The zero-order valence-corrected chi connectivity index (χ0v) is 26.9. The van der Waals surface area contributed by atoms with Crippen molar-refractivity contribution in [1.82, 2.24) is 0 Å². The summed E-state index contributed by atoms with van der Waals surface area (Å²) >= 11 is 0. The van der Waals surface area contributed by atoms with Crippen molar-refractivity contribution in [2.24, 2.45) is 5.92 Å². The summed E-state index contributed by atoms with van der Waals surface area (Å²) in [6, 6.07) is 15.0. The molecule has 2 heterocycles. The van der Waals surface area contributed by atoms with Crippen molar-refractivity contribution in [2.45, 2.75) is 58.2 Å². The number of ketones is 1. The van der Waals surface area contributed by atoms with Crippen LogP contribution in [-0.2, 0) is 6.42 Å². The fraction of sp³-hybridized carbons (Fsp3) is 0.256. The third-order valence-corrected chi connectivity index (χ3v) is 9.11. The number of ether oxygens (including phenoxy) is 2. The van der Waals surface area contributed by atoms with Crippen LogP contribution in [0.4, 0.5) is 0 Å². The van der Waals surface area contributed by atoms with Crippen LogP contribution in [0.3, 0.4) is 0 Å². The molecule has 1 unspecified atom stereocenters. The second kappa shape index (κ2) is 12.6. The van der Waals surface area contributed by atoms with Gasteiger partial charge in [-0.05, 0) is 81.0 Å². The van der Waals surface area contributed by atoms with Crippen molar-refractivity contribution in [3.63, 3.8) is 0 Å². The van der Waals surface area contributed by atoms with E-state index >= 15 is 0 Å². The van der Waals surface area contributed by atoms with Crippen LogP contribution in [0.15, 0.2) is 84.5 Å². The molecule has 6 N–H and O–H groups in total. The van der Waals surface area contributed by atoms with Gasteiger partial charge in [0, 0.05) is 34.9 Å². The molecule has 0 fully saturated rings. The van der Waals surface area contributed by atoms with E-state index in [-0.39, 0.29) is 58.0 Å². The van der Waals surface area contributed by atoms with Crippen molar-refractivity contribution < 1.29 is 44.9 Å². The Balaban J connectivity index is 1.44. The number of carbonyl (C=O) groups is 1. The average molecular weight is 651 g/mol. The lowest BCUT2D eigenvalue weighted by atomic mass is 9.83. The largest absolute Gasteiger partial charge is 0.508 e. The third-order valence-electron chi connectivity index (χ3n) is 9.11. The SMILES string of the molecule is C=C(C)C(CC=C(C)C)Cc1c(O)cc(O)c2c1O[C@@H](c1cc3c(cc1O)O[C@H](c1ccc(O)cc1)[C@H]3c1cc(O)cc(O)c1)CC2=O. The number of carbonyl (C=O) groups excluding carboxylic acids is 1. The van der Waals surface area contributed by atoms with Crippen molar-refractivity contribution in [2.75, 3.05) is 0 Å². The van der Waals surface area contributed by atoms with E-state index in [2.05, 4.69) is 12.7 Å². The molecular weight excluding hydrogens is 612 g/mol. The molecule has 4 atom stereocenters. The molecule has 0 aromatic heterocycles. The fourth-order valence-electron chi connectivity index (χ4n) is 6.63. The molecule has 9 heteroatoms. The van der Waals surface area contributed by atoms with Crippen LogP contribution in [0.5, 0.6) is 46.0 Å². The fourth-order valence-corrected chi connectivity index (χ4v) is 6.63. The van der Waals surface area contributed by atoms with Gasteiger partial charge in [-0.2, -0.15) is 0 Å². The number of aromatic hydroxyl groups is 6. The standard InChI is InChI=1S/C39H38O9/c1-19(2)5-6-22(20(3)4)13-28-30(43)16-32(45)37-33(46)18-34(48-39(28)37)27-15-29-35(17-31(27)44)47-38(21-7-9-24(40)10-8-21)36(29)23-11-25(41)14-26(42)12-23/h5,7-12,14-17,22,34,36,38,40-45H,3,6,13,18H2,1-2,4H3/t22?,34-,36+,38-/m1/s1. The predicted octanol–water partition coefficient (Wildman–Crippen LogP) is 7.98. The van der Waals surface area contributed by atoms with Crippen LogP contribution in [0.2, 0.25) is 0 Å². The molecule has 0 amide bonds. The number of phenols is 6. The van der Waals surface area contributed by atoms with Gasteiger partial charge in [0.05, 0.1) is 12.3 Å². The maximum atomic E-state index is 13.6. The van der Waals surface area contributed by atoms with Gasteiger partial charge in [-0.25, -0.2) is 0 Å². The van der Waals surface area contributed by atoms with Crippen molar-refractivity contribution >= 4 is 5.78 Å². The van der Waals surface area contributed by atoms with E-state index in [1.165, 1.54) is 36.4 Å². The first kappa shape index (κ1) is 32.4. The quantitative estimate of drug-likeness (QED) is 0.104. The molecule has 0 spiro atoms. The molecule has 2 aliphatic heterocycles. The number of phenolic OH excluding ortho intramolecular Hbond substituents is 6. The molecule has 6 rings (SSSR count). The highest BCUT2D eigenvalue weighted by molar-refractivity contribution is 6.03. The Labute approximate surface area is 278 Å². The Morgan fingerprint density at radius 2 is 1.50 bits per heavy atom. The molecule has 0 aliphatic carbocycles. The number of hydrogen-bond donors (Lipinski definition) is 6. The second-order valence-electron chi connectivity index (χ2n) is 12.9. The van der Waals surface area contributed by atoms with Gasteiger partial charge in [0.15, 0.2) is 5.78 Å². The lowest BCUT2D eigenvalue weighted by Crippen LogP contribution is -2.22. The Bertz CT molecular complexity index is 1930. The minimum absolute atomic E-state index is 0.0220. The predicted molar refractivity (Wildman–Crippen MR) is 179 cm³/mol. The normalized spacial score (nSPS) is 18.6. The summed E-state index contributed by atoms with van der Waals surface area (Å²) in [5.41, 5.74) is 4.48. The number of rotatable bonds is 8. The van der Waals surface area contributed by atoms with Crippen molar-refractivity contribution in [3.8, 4) is 46.0 Å². The van der Waals surface area contributed by atoms with Gasteiger partial charge in [0.2, 0.25) is 0 Å². The van der Waals surface area contributed by atoms with E-state index in [0.717, 1.165) is 17.2 Å². The molecule has 48 heavy (non-hydrogen) atoms. The summed E-state index contributed by atoms with van der Waals surface area (Å²) in [4.78, 5) is 13.6. The average Bonchev–Trinajstić information content (AvgIpc) is 3.37. The summed E-state index contributed by atoms with van der Waals surface area (Å²) in [6.45, 7) is 10.0. The molecule has 0 saturated carbocycles. The molecule has 0 saturated heterocycles. The maximum absolute atomic E-state index is 13.6. The monoisotopic (exact) mass is 650 g/mol. The van der Waals surface area contributed by atoms with Crippen LogP contribution < -0.4 is 9.47 Å². The van der Waals surface area contributed by atoms with Gasteiger partial charge < -0.3 is 40.1 Å². The number of Topliss-reactive ketones (excluding diaryl/α,β-unsaturated/α-hetero) is 1. The molecule has 4 aromatic rings. The Morgan fingerprint density at radius 1 is 0.812 bits per heavy atom. The molecular formula is C39H38O9. The molecule has 0 radical (unpaired) electrons. The molecule has 2 aliphatic rings. The lowest BCUT2D eigenvalue weighted by molar-refractivity contribution is 0.0838. The second-order valence-corrected chi connectivity index (χ2v) is 12.9. The highest BCUT2D eigenvalue weighted by Crippen LogP contribution is 2.54. The number of fused-ring (bicyclic) bond motifs is 2. The first-order chi connectivity index (χ1) is 22.8. The van der Waals surface area contributed by atoms with Gasteiger partial charge in [-0.15, -0.1) is 0 Å². The van der Waals surface area contributed by atoms with Crippen LogP contribution in [0, 0.1) is 5.92 Å². The number of allylic oxidation sites excluding steroid dienone is 3. The summed E-state index contributed by atoms with van der Waals surface area (Å²) < 4.78 is 12.8. The summed E-state index contributed by atoms with van der Waals surface area (Å²) in [7, 11) is 0. The minimum Gasteiger partial charge on any atom is -0.508 e. The molecule has 4 aromatic carbocycles. The highest BCUT2D eigenvalue weighted by atomic mass is 16.5. The highest BCUT2D eigenvalue weighted by Gasteiger charge is 2.41. The van der Waals surface area contributed by atoms with E-state index < -0.39 is 29.7 Å². The van der Waals surface area contributed by atoms with Gasteiger partial charge in [-0.3, -0.25) is 4.79 Å². The van der Waals surface area contributed by atoms with Crippen molar-refractivity contribution in [3.05, 3.63) is 118 Å². The smallest absolute Gasteiger partial charge is 0.174 e. The Kier molecular flexibility index (Phi) is 8.47. The first-order valence-electron chi connectivity index (χ1n) is 15.7. The summed E-state index contributed by atoms with van der Waals surface area (Å²) in [5, 5.41) is 63.7. The van der Waals surface area contributed by atoms with Crippen LogP contribution in [0.25, 0.3) is 0 Å². The number of hydrogen-bond acceptors (Lipinski definition) is 9. The van der Waals surface area contributed by atoms with Crippen LogP contribution >= 0.6 is 0 Å². The van der Waals surface area contributed by atoms with Gasteiger partial charge in [-0.1, -0.05) is 35.9 Å². The molecule has 9 nitrogen and oxygen atoms in total. The molecule has 248 valence electrons. The zero-order valence-electron chi connectivity index (χ0n) is 26.9. The topological polar surface area (TPSA) is 157 Å². The first-order valence-corrected chi connectivity index (χ1v) is 15.7. The minimum atomic E-state index is -0.984. The maximum Gasteiger partial charge on any atom is 0.174 e.